The largest absolute Gasteiger partial charge is 0.467 e. The van der Waals surface area contributed by atoms with Crippen LogP contribution in [-0.2, 0) is 14.3 Å². The molecule has 0 saturated carbocycles. The number of halogens is 3. The van der Waals surface area contributed by atoms with E-state index in [0.717, 1.165) is 7.11 Å². The first-order chi connectivity index (χ1) is 6.44. The van der Waals surface area contributed by atoms with Crippen molar-refractivity contribution < 1.29 is 27.4 Å². The molecule has 14 heavy (non-hydrogen) atoms. The van der Waals surface area contributed by atoms with Crippen molar-refractivity contribution in [1.29, 1.82) is 0 Å². The summed E-state index contributed by atoms with van der Waals surface area (Å²) in [5.74, 6) is -1.41. The molecule has 1 aliphatic heterocycles. The second kappa shape index (κ2) is 3.61. The number of hydrogen-bond acceptors (Lipinski definition) is 3. The van der Waals surface area contributed by atoms with E-state index in [9.17, 15) is 18.0 Å². The Kier molecular flexibility index (Phi) is 2.84. The zero-order chi connectivity index (χ0) is 10.8. The molecule has 0 radical (unpaired) electrons. The highest BCUT2D eigenvalue weighted by Gasteiger charge is 2.62. The number of ether oxygens (including phenoxy) is 2. The Morgan fingerprint density at radius 3 is 2.50 bits per heavy atom. The van der Waals surface area contributed by atoms with Gasteiger partial charge >= 0.3 is 12.1 Å². The molecule has 1 aliphatic rings. The van der Waals surface area contributed by atoms with Crippen LogP contribution in [0, 0.1) is 0 Å². The fraction of sp³-hybridized carbons (Fsp3) is 0.625. The smallest absolute Gasteiger partial charge is 0.428 e. The summed E-state index contributed by atoms with van der Waals surface area (Å²) in [6, 6.07) is 0. The van der Waals surface area contributed by atoms with Gasteiger partial charge in [0.15, 0.2) is 0 Å². The average molecular weight is 210 g/mol. The Bertz CT molecular complexity index is 259. The van der Waals surface area contributed by atoms with Gasteiger partial charge in [0, 0.05) is 6.42 Å². The van der Waals surface area contributed by atoms with Crippen LogP contribution in [0.15, 0.2) is 12.2 Å². The molecule has 0 fully saturated rings. The van der Waals surface area contributed by atoms with Gasteiger partial charge in [-0.15, -0.1) is 0 Å². The number of carbonyl (C=O) groups excluding carboxylic acids is 1. The molecule has 1 heterocycles. The molecule has 0 aromatic rings. The Morgan fingerprint density at radius 1 is 1.50 bits per heavy atom. The monoisotopic (exact) mass is 210 g/mol. The minimum atomic E-state index is -4.76. The van der Waals surface area contributed by atoms with Crippen LogP contribution in [0.4, 0.5) is 13.2 Å². The maximum absolute atomic E-state index is 12.6. The van der Waals surface area contributed by atoms with Crippen LogP contribution in [0.25, 0.3) is 0 Å². The first kappa shape index (κ1) is 11.0. The van der Waals surface area contributed by atoms with Crippen molar-refractivity contribution >= 4 is 5.97 Å². The molecule has 0 N–H and O–H groups in total. The standard InChI is InChI=1S/C8H9F3O3/c1-13-6(12)7(8(9,10)11)4-2-3-5-14-7/h2-3H,4-5H2,1H3/t7-/m1/s1. The van der Waals surface area contributed by atoms with Crippen LogP contribution in [0.2, 0.25) is 0 Å². The van der Waals surface area contributed by atoms with E-state index in [1.54, 1.807) is 0 Å². The van der Waals surface area contributed by atoms with Crippen LogP contribution in [-0.4, -0.2) is 31.5 Å². The Hall–Kier alpha value is -1.04. The van der Waals surface area contributed by atoms with E-state index in [1.165, 1.54) is 12.2 Å². The van der Waals surface area contributed by atoms with E-state index in [1.807, 2.05) is 0 Å². The molecular weight excluding hydrogens is 201 g/mol. The first-order valence-electron chi connectivity index (χ1n) is 3.88. The summed E-state index contributed by atoms with van der Waals surface area (Å²) in [7, 11) is 0.900. The third-order valence-electron chi connectivity index (χ3n) is 1.97. The zero-order valence-corrected chi connectivity index (χ0v) is 7.43. The molecular formula is C8H9F3O3. The summed E-state index contributed by atoms with van der Waals surface area (Å²) in [6.07, 6.45) is -2.62. The van der Waals surface area contributed by atoms with Gasteiger partial charge in [0.1, 0.15) is 0 Å². The second-order valence-corrected chi connectivity index (χ2v) is 2.80. The number of methoxy groups -OCH3 is 1. The fourth-order valence-corrected chi connectivity index (χ4v) is 1.19. The molecule has 0 unspecified atom stereocenters. The van der Waals surface area contributed by atoms with Crippen LogP contribution in [0.1, 0.15) is 6.42 Å². The van der Waals surface area contributed by atoms with E-state index in [4.69, 9.17) is 0 Å². The van der Waals surface area contributed by atoms with Crippen LogP contribution in [0.5, 0.6) is 0 Å². The van der Waals surface area contributed by atoms with Gasteiger partial charge in [0.25, 0.3) is 5.60 Å². The lowest BCUT2D eigenvalue weighted by Crippen LogP contribution is -2.55. The number of hydrogen-bond donors (Lipinski definition) is 0. The summed E-state index contributed by atoms with van der Waals surface area (Å²) >= 11 is 0. The van der Waals surface area contributed by atoms with Gasteiger partial charge in [-0.25, -0.2) is 4.79 Å². The minimum Gasteiger partial charge on any atom is -0.467 e. The van der Waals surface area contributed by atoms with Crippen molar-refractivity contribution in [2.24, 2.45) is 0 Å². The molecule has 0 aromatic carbocycles. The second-order valence-electron chi connectivity index (χ2n) is 2.80. The Labute approximate surface area is 78.5 Å². The lowest BCUT2D eigenvalue weighted by atomic mass is 9.97. The predicted octanol–water partition coefficient (Wildman–Crippen LogP) is 1.44. The molecule has 6 heteroatoms. The molecule has 1 rings (SSSR count). The van der Waals surface area contributed by atoms with Crippen molar-refractivity contribution in [3.8, 4) is 0 Å². The summed E-state index contributed by atoms with van der Waals surface area (Å²) in [5, 5.41) is 0. The number of carbonyl (C=O) groups is 1. The van der Waals surface area contributed by atoms with Crippen LogP contribution < -0.4 is 0 Å². The number of rotatable bonds is 1. The summed E-state index contributed by atoms with van der Waals surface area (Å²) in [4.78, 5) is 11.0. The molecule has 3 nitrogen and oxygen atoms in total. The normalized spacial score (nSPS) is 27.4. The molecule has 0 amide bonds. The van der Waals surface area contributed by atoms with Crippen molar-refractivity contribution in [3.63, 3.8) is 0 Å². The van der Waals surface area contributed by atoms with E-state index in [2.05, 4.69) is 9.47 Å². The third-order valence-corrected chi connectivity index (χ3v) is 1.97. The van der Waals surface area contributed by atoms with E-state index in [-0.39, 0.29) is 6.61 Å². The third kappa shape index (κ3) is 1.61. The van der Waals surface area contributed by atoms with Crippen molar-refractivity contribution in [2.75, 3.05) is 13.7 Å². The summed E-state index contributed by atoms with van der Waals surface area (Å²) < 4.78 is 46.3. The van der Waals surface area contributed by atoms with Crippen LogP contribution in [0.3, 0.4) is 0 Å². The van der Waals surface area contributed by atoms with Gasteiger partial charge in [-0.2, -0.15) is 13.2 Å². The molecule has 1 atom stereocenters. The van der Waals surface area contributed by atoms with Gasteiger partial charge < -0.3 is 9.47 Å². The van der Waals surface area contributed by atoms with E-state index in [0.29, 0.717) is 0 Å². The van der Waals surface area contributed by atoms with Gasteiger partial charge in [-0.05, 0) is 0 Å². The zero-order valence-electron chi connectivity index (χ0n) is 7.43. The highest BCUT2D eigenvalue weighted by Crippen LogP contribution is 2.39. The quantitative estimate of drug-likeness (QED) is 0.485. The summed E-state index contributed by atoms with van der Waals surface area (Å²) in [6.45, 7) is -0.241. The first-order valence-corrected chi connectivity index (χ1v) is 3.88. The number of esters is 1. The highest BCUT2D eigenvalue weighted by atomic mass is 19.4. The molecule has 0 saturated heterocycles. The molecule has 80 valence electrons. The molecule has 0 spiro atoms. The fourth-order valence-electron chi connectivity index (χ4n) is 1.19. The van der Waals surface area contributed by atoms with Gasteiger partial charge in [-0.1, -0.05) is 12.2 Å². The lowest BCUT2D eigenvalue weighted by molar-refractivity contribution is -0.274. The van der Waals surface area contributed by atoms with Crippen molar-refractivity contribution in [1.82, 2.24) is 0 Å². The van der Waals surface area contributed by atoms with Crippen LogP contribution >= 0.6 is 0 Å². The van der Waals surface area contributed by atoms with Crippen molar-refractivity contribution in [2.45, 2.75) is 18.2 Å². The highest BCUT2D eigenvalue weighted by molar-refractivity contribution is 5.81. The van der Waals surface area contributed by atoms with Gasteiger partial charge in [0.05, 0.1) is 13.7 Å². The van der Waals surface area contributed by atoms with Gasteiger partial charge in [-0.3, -0.25) is 0 Å². The summed E-state index contributed by atoms with van der Waals surface area (Å²) in [5.41, 5.74) is -2.82. The molecule has 0 aliphatic carbocycles. The maximum Gasteiger partial charge on any atom is 0.428 e. The molecule has 0 bridgehead atoms. The average Bonchev–Trinajstić information content (AvgIpc) is 2.16. The van der Waals surface area contributed by atoms with E-state index < -0.39 is 24.2 Å². The SMILES string of the molecule is COC(=O)[C@@]1(C(F)(F)F)CC=CCO1. The van der Waals surface area contributed by atoms with E-state index >= 15 is 0 Å². The molecule has 0 aromatic heterocycles. The predicted molar refractivity (Wildman–Crippen MR) is 40.5 cm³/mol. The maximum atomic E-state index is 12.6. The van der Waals surface area contributed by atoms with Crippen molar-refractivity contribution in [3.05, 3.63) is 12.2 Å². The van der Waals surface area contributed by atoms with Gasteiger partial charge in [0.2, 0.25) is 0 Å². The number of alkyl halides is 3. The lowest BCUT2D eigenvalue weighted by Gasteiger charge is -2.33. The Balaban J connectivity index is 3.02. The minimum absolute atomic E-state index is 0.241. The Morgan fingerprint density at radius 2 is 2.14 bits per heavy atom. The topological polar surface area (TPSA) is 35.5 Å².